The van der Waals surface area contributed by atoms with Crippen LogP contribution in [0.3, 0.4) is 0 Å². The quantitative estimate of drug-likeness (QED) is 0.556. The summed E-state index contributed by atoms with van der Waals surface area (Å²) < 4.78 is 6.15. The van der Waals surface area contributed by atoms with Crippen LogP contribution in [0.4, 0.5) is 0 Å². The van der Waals surface area contributed by atoms with Gasteiger partial charge in [-0.3, -0.25) is 9.59 Å². The predicted octanol–water partition coefficient (Wildman–Crippen LogP) is 1.79. The summed E-state index contributed by atoms with van der Waals surface area (Å²) in [7, 11) is 0. The highest BCUT2D eigenvalue weighted by Gasteiger charge is 2.50. The number of aliphatic hydroxyl groups excluding tert-OH is 2. The van der Waals surface area contributed by atoms with E-state index in [-0.39, 0.29) is 31.4 Å². The number of rotatable bonds is 8. The van der Waals surface area contributed by atoms with Crippen LogP contribution in [0, 0.1) is 5.92 Å². The molecule has 0 radical (unpaired) electrons. The average molecular weight is 463 g/mol. The standard InChI is InChI=1S/C27H30N2O5/c30-13-12-28-27(33)20-15-21(25(32)26-24(20)19-8-4-5-9-22(19)34-26)29(16-18-10-11-18)23(31)14-17-6-2-1-3-7-17/h1-9,15,18,21,24-26,30,32H,10-14,16H2,(H,28,33)/t21-,24+,25+,26+/m1/s1. The van der Waals surface area contributed by atoms with E-state index in [1.165, 1.54) is 0 Å². The second-order valence-corrected chi connectivity index (χ2v) is 9.33. The molecule has 0 bridgehead atoms. The minimum absolute atomic E-state index is 0.0810. The van der Waals surface area contributed by atoms with Crippen molar-refractivity contribution in [2.45, 2.75) is 43.4 Å². The van der Waals surface area contributed by atoms with Crippen LogP contribution in [0.15, 0.2) is 66.2 Å². The maximum Gasteiger partial charge on any atom is 0.247 e. The van der Waals surface area contributed by atoms with Crippen LogP contribution in [0.25, 0.3) is 0 Å². The first-order chi connectivity index (χ1) is 16.6. The number of carbonyl (C=O) groups excluding carboxylic acids is 2. The molecular weight excluding hydrogens is 432 g/mol. The summed E-state index contributed by atoms with van der Waals surface area (Å²) in [6.07, 6.45) is 2.43. The third kappa shape index (κ3) is 4.45. The topological polar surface area (TPSA) is 99.1 Å². The highest BCUT2D eigenvalue weighted by Crippen LogP contribution is 2.47. The Morgan fingerprint density at radius 1 is 1.06 bits per heavy atom. The molecular formula is C27H30N2O5. The molecule has 0 aromatic heterocycles. The van der Waals surface area contributed by atoms with Gasteiger partial charge in [0.05, 0.1) is 25.0 Å². The van der Waals surface area contributed by atoms with Crippen molar-refractivity contribution in [3.05, 3.63) is 77.4 Å². The summed E-state index contributed by atoms with van der Waals surface area (Å²) in [5, 5.41) is 23.4. The molecule has 3 aliphatic rings. The number of nitrogens with one attached hydrogen (secondary N) is 1. The third-order valence-electron chi connectivity index (χ3n) is 6.91. The number of aliphatic hydroxyl groups is 2. The van der Waals surface area contributed by atoms with Crippen LogP contribution < -0.4 is 10.1 Å². The zero-order valence-corrected chi connectivity index (χ0v) is 19.0. The van der Waals surface area contributed by atoms with Crippen LogP contribution >= 0.6 is 0 Å². The van der Waals surface area contributed by atoms with Gasteiger partial charge in [0.15, 0.2) is 0 Å². The molecule has 2 amide bonds. The van der Waals surface area contributed by atoms with E-state index < -0.39 is 24.2 Å². The summed E-state index contributed by atoms with van der Waals surface area (Å²) in [4.78, 5) is 28.4. The molecule has 3 N–H and O–H groups in total. The van der Waals surface area contributed by atoms with Gasteiger partial charge in [-0.05, 0) is 36.5 Å². The van der Waals surface area contributed by atoms with E-state index in [4.69, 9.17) is 4.74 Å². The summed E-state index contributed by atoms with van der Waals surface area (Å²) >= 11 is 0. The Morgan fingerprint density at radius 3 is 2.53 bits per heavy atom. The Morgan fingerprint density at radius 2 is 1.79 bits per heavy atom. The van der Waals surface area contributed by atoms with Crippen molar-refractivity contribution in [1.82, 2.24) is 10.2 Å². The van der Waals surface area contributed by atoms with Gasteiger partial charge in [0, 0.05) is 24.2 Å². The fourth-order valence-electron chi connectivity index (χ4n) is 5.03. The Labute approximate surface area is 199 Å². The molecule has 0 saturated heterocycles. The van der Waals surface area contributed by atoms with E-state index in [1.54, 1.807) is 11.0 Å². The predicted molar refractivity (Wildman–Crippen MR) is 126 cm³/mol. The fraction of sp³-hybridized carbons (Fsp3) is 0.407. The average Bonchev–Trinajstić information content (AvgIpc) is 3.59. The van der Waals surface area contributed by atoms with Gasteiger partial charge >= 0.3 is 0 Å². The molecule has 2 aromatic rings. The molecule has 4 atom stereocenters. The number of benzene rings is 2. The second-order valence-electron chi connectivity index (χ2n) is 9.33. The van der Waals surface area contributed by atoms with Gasteiger partial charge in [-0.25, -0.2) is 0 Å². The number of ether oxygens (including phenoxy) is 1. The van der Waals surface area contributed by atoms with Gasteiger partial charge in [0.25, 0.3) is 0 Å². The van der Waals surface area contributed by atoms with E-state index in [1.807, 2.05) is 54.6 Å². The Hall–Kier alpha value is -3.16. The second kappa shape index (κ2) is 9.60. The molecule has 178 valence electrons. The van der Waals surface area contributed by atoms with Crippen molar-refractivity contribution >= 4 is 11.8 Å². The van der Waals surface area contributed by atoms with Crippen molar-refractivity contribution in [2.75, 3.05) is 19.7 Å². The lowest BCUT2D eigenvalue weighted by Crippen LogP contribution is -2.56. The van der Waals surface area contributed by atoms with Crippen molar-refractivity contribution in [1.29, 1.82) is 0 Å². The highest BCUT2D eigenvalue weighted by atomic mass is 16.5. The SMILES string of the molecule is O=C(NCCO)C1=C[C@@H](N(CC2CC2)C(=O)Cc2ccccc2)[C@H](O)[C@H]2Oc3ccccc3[C@@H]12. The first-order valence-electron chi connectivity index (χ1n) is 11.9. The van der Waals surface area contributed by atoms with Crippen LogP contribution in [-0.4, -0.2) is 64.9 Å². The number of amides is 2. The van der Waals surface area contributed by atoms with Gasteiger partial charge in [0.2, 0.25) is 11.8 Å². The number of para-hydroxylation sites is 1. The van der Waals surface area contributed by atoms with Crippen LogP contribution in [-0.2, 0) is 16.0 Å². The molecule has 1 heterocycles. The molecule has 1 saturated carbocycles. The summed E-state index contributed by atoms with van der Waals surface area (Å²) in [5.74, 6) is 0.215. The van der Waals surface area contributed by atoms with Crippen LogP contribution in [0.5, 0.6) is 5.75 Å². The molecule has 0 unspecified atom stereocenters. The van der Waals surface area contributed by atoms with E-state index in [0.717, 1.165) is 24.0 Å². The van der Waals surface area contributed by atoms with Gasteiger partial charge < -0.3 is 25.2 Å². The minimum Gasteiger partial charge on any atom is -0.486 e. The van der Waals surface area contributed by atoms with Crippen molar-refractivity contribution in [3.63, 3.8) is 0 Å². The minimum atomic E-state index is -0.981. The number of carbonyl (C=O) groups is 2. The fourth-order valence-corrected chi connectivity index (χ4v) is 5.03. The van der Waals surface area contributed by atoms with Crippen LogP contribution in [0.1, 0.15) is 29.9 Å². The zero-order valence-electron chi connectivity index (χ0n) is 19.0. The molecule has 7 nitrogen and oxygen atoms in total. The van der Waals surface area contributed by atoms with Crippen LogP contribution in [0.2, 0.25) is 0 Å². The molecule has 7 heteroatoms. The lowest BCUT2D eigenvalue weighted by atomic mass is 9.77. The Bertz CT molecular complexity index is 1080. The van der Waals surface area contributed by atoms with Crippen molar-refractivity contribution < 1.29 is 24.5 Å². The lowest BCUT2D eigenvalue weighted by molar-refractivity contribution is -0.136. The number of hydrogen-bond acceptors (Lipinski definition) is 5. The number of nitrogens with zero attached hydrogens (tertiary/aromatic N) is 1. The molecule has 1 aliphatic heterocycles. The molecule has 2 aromatic carbocycles. The van der Waals surface area contributed by atoms with Gasteiger partial charge in [-0.15, -0.1) is 0 Å². The summed E-state index contributed by atoms with van der Waals surface area (Å²) in [5.41, 5.74) is 2.22. The summed E-state index contributed by atoms with van der Waals surface area (Å²) in [6.45, 7) is 0.497. The van der Waals surface area contributed by atoms with Crippen molar-refractivity contribution in [3.8, 4) is 5.75 Å². The monoisotopic (exact) mass is 462 g/mol. The number of hydrogen-bond donors (Lipinski definition) is 3. The van der Waals surface area contributed by atoms with Crippen molar-refractivity contribution in [2.24, 2.45) is 5.92 Å². The zero-order chi connectivity index (χ0) is 23.7. The molecule has 34 heavy (non-hydrogen) atoms. The molecule has 5 rings (SSSR count). The van der Waals surface area contributed by atoms with Gasteiger partial charge in [-0.1, -0.05) is 48.5 Å². The summed E-state index contributed by atoms with van der Waals surface area (Å²) in [6, 6.07) is 16.4. The largest absolute Gasteiger partial charge is 0.486 e. The Balaban J connectivity index is 1.50. The molecule has 1 fully saturated rings. The third-order valence-corrected chi connectivity index (χ3v) is 6.91. The van der Waals surface area contributed by atoms with Gasteiger partial charge in [0.1, 0.15) is 18.0 Å². The maximum absolute atomic E-state index is 13.5. The maximum atomic E-state index is 13.5. The molecule has 0 spiro atoms. The van der Waals surface area contributed by atoms with Gasteiger partial charge in [-0.2, -0.15) is 0 Å². The first kappa shape index (κ1) is 22.6. The molecule has 2 aliphatic carbocycles. The normalized spacial score (nSPS) is 24.9. The Kier molecular flexibility index (Phi) is 6.39. The first-order valence-corrected chi connectivity index (χ1v) is 11.9. The van der Waals surface area contributed by atoms with E-state index in [9.17, 15) is 19.8 Å². The smallest absolute Gasteiger partial charge is 0.247 e. The van der Waals surface area contributed by atoms with E-state index in [2.05, 4.69) is 5.32 Å². The highest BCUT2D eigenvalue weighted by molar-refractivity contribution is 5.96. The van der Waals surface area contributed by atoms with E-state index in [0.29, 0.717) is 23.8 Å². The lowest BCUT2D eigenvalue weighted by Gasteiger charge is -2.41. The number of fused-ring (bicyclic) bond motifs is 3. The van der Waals surface area contributed by atoms with E-state index >= 15 is 0 Å².